The van der Waals surface area contributed by atoms with Crippen molar-refractivity contribution in [2.24, 2.45) is 0 Å². The quantitative estimate of drug-likeness (QED) is 0.675. The van der Waals surface area contributed by atoms with E-state index in [1.54, 1.807) is 25.2 Å². The summed E-state index contributed by atoms with van der Waals surface area (Å²) in [6.07, 6.45) is 0. The maximum atomic E-state index is 13.3. The van der Waals surface area contributed by atoms with Crippen molar-refractivity contribution in [1.82, 2.24) is 9.97 Å². The Morgan fingerprint density at radius 3 is 2.20 bits per heavy atom. The van der Waals surface area contributed by atoms with Gasteiger partial charge in [0.05, 0.1) is 5.52 Å². The number of nitrogens with one attached hydrogen (secondary N) is 1. The summed E-state index contributed by atoms with van der Waals surface area (Å²) in [6, 6.07) is 8.16. The molecule has 3 N–H and O–H groups in total. The second-order valence-electron chi connectivity index (χ2n) is 5.60. The van der Waals surface area contributed by atoms with Crippen LogP contribution in [0.5, 0.6) is 0 Å². The summed E-state index contributed by atoms with van der Waals surface area (Å²) in [5, 5.41) is 3.75. The fraction of sp³-hybridized carbons (Fsp3) is 0.222. The zero-order valence-corrected chi connectivity index (χ0v) is 13.6. The number of hydrogen-bond acceptors (Lipinski definition) is 4. The van der Waals surface area contributed by atoms with E-state index in [1.165, 1.54) is 12.1 Å². The first-order valence-electron chi connectivity index (χ1n) is 7.69. The van der Waals surface area contributed by atoms with Crippen molar-refractivity contribution in [1.29, 1.82) is 0 Å². The molecule has 0 unspecified atom stereocenters. The van der Waals surface area contributed by atoms with Gasteiger partial charge in [0.1, 0.15) is 25.8 Å². The Bertz CT molecular complexity index is 903. The molecule has 0 amide bonds. The number of aromatic nitrogens is 2. The molecule has 0 aliphatic rings. The van der Waals surface area contributed by atoms with Gasteiger partial charge in [0.25, 0.3) is 0 Å². The van der Waals surface area contributed by atoms with Gasteiger partial charge in [-0.2, -0.15) is 0 Å². The molecule has 3 rings (SSSR count). The van der Waals surface area contributed by atoms with E-state index in [0.29, 0.717) is 22.6 Å². The van der Waals surface area contributed by atoms with E-state index in [-0.39, 0.29) is 22.5 Å². The minimum absolute atomic E-state index is 0.0487. The number of hydrogen-bond donors (Lipinski definition) is 2. The third kappa shape index (κ3) is 3.09. The second kappa shape index (κ2) is 6.96. The summed E-state index contributed by atoms with van der Waals surface area (Å²) in [5.74, 6) is 0.857. The van der Waals surface area contributed by atoms with Crippen molar-refractivity contribution in [2.45, 2.75) is 20.0 Å². The summed E-state index contributed by atoms with van der Waals surface area (Å²) < 4.78 is 39.7. The van der Waals surface area contributed by atoms with Crippen LogP contribution < -0.4 is 11.1 Å². The van der Waals surface area contributed by atoms with Crippen molar-refractivity contribution in [2.75, 3.05) is 18.1 Å². The molecule has 0 aliphatic heterocycles. The predicted molar refractivity (Wildman–Crippen MR) is 93.4 cm³/mol. The molecule has 1 heterocycles. The molecule has 0 atom stereocenters. The Hall–Kier alpha value is -2.83. The topological polar surface area (TPSA) is 63.8 Å². The molecule has 1 aromatic heterocycles. The lowest BCUT2D eigenvalue weighted by atomic mass is 9.99. The number of nitrogens with zero attached hydrogens (tertiary/aromatic N) is 2. The van der Waals surface area contributed by atoms with Crippen LogP contribution in [-0.4, -0.2) is 17.0 Å². The van der Waals surface area contributed by atoms with E-state index in [4.69, 9.17) is 5.73 Å². The largest absolute Gasteiger partial charge is 0.399 e. The molecule has 0 radical (unpaired) electrons. The first kappa shape index (κ1) is 17.0. The highest BCUT2D eigenvalue weighted by atomic mass is 19.1. The molecule has 3 aromatic rings. The van der Waals surface area contributed by atoms with Crippen LogP contribution in [0.15, 0.2) is 30.3 Å². The minimum atomic E-state index is -0.921. The number of alkyl halides is 3. The van der Waals surface area contributed by atoms with Crippen LogP contribution in [0.3, 0.4) is 0 Å². The summed E-state index contributed by atoms with van der Waals surface area (Å²) in [5.41, 5.74) is 7.65. The second-order valence-corrected chi connectivity index (χ2v) is 5.60. The van der Waals surface area contributed by atoms with Gasteiger partial charge in [0, 0.05) is 23.7 Å². The number of rotatable bonds is 5. The van der Waals surface area contributed by atoms with E-state index in [1.807, 2.05) is 0 Å². The average molecular weight is 346 g/mol. The molecule has 0 saturated heterocycles. The lowest BCUT2D eigenvalue weighted by molar-refractivity contribution is 0.437. The van der Waals surface area contributed by atoms with Crippen LogP contribution in [0.1, 0.15) is 16.7 Å². The number of benzene rings is 2. The number of fused-ring (bicyclic) bond motifs is 1. The highest BCUT2D eigenvalue weighted by Crippen LogP contribution is 2.30. The number of nitrogen functional groups attached to an aromatic ring is 1. The van der Waals surface area contributed by atoms with Crippen LogP contribution in [0, 0.1) is 0 Å². The van der Waals surface area contributed by atoms with E-state index >= 15 is 0 Å². The van der Waals surface area contributed by atoms with E-state index < -0.39 is 20.0 Å². The van der Waals surface area contributed by atoms with Crippen LogP contribution in [0.25, 0.3) is 22.3 Å². The zero-order chi connectivity index (χ0) is 18.0. The Morgan fingerprint density at radius 2 is 1.64 bits per heavy atom. The molecule has 0 bridgehead atoms. The maximum absolute atomic E-state index is 13.3. The average Bonchev–Trinajstić information content (AvgIpc) is 2.65. The molecule has 0 saturated carbocycles. The lowest BCUT2D eigenvalue weighted by Crippen LogP contribution is -2.02. The normalized spacial score (nSPS) is 11.0. The molecule has 25 heavy (non-hydrogen) atoms. The molecule has 0 spiro atoms. The SMILES string of the molecule is CNc1nc(-c2cc(CF)c(CF)c(CF)c2)nc2cc(N)ccc12. The van der Waals surface area contributed by atoms with Crippen LogP contribution in [-0.2, 0) is 20.0 Å². The molecule has 2 aromatic carbocycles. The highest BCUT2D eigenvalue weighted by Gasteiger charge is 2.15. The van der Waals surface area contributed by atoms with Gasteiger partial charge in [-0.05, 0) is 47.0 Å². The van der Waals surface area contributed by atoms with Gasteiger partial charge in [-0.25, -0.2) is 23.1 Å². The molecule has 4 nitrogen and oxygen atoms in total. The Kier molecular flexibility index (Phi) is 4.74. The predicted octanol–water partition coefficient (Wildman–Crippen LogP) is 4.33. The number of nitrogens with two attached hydrogens (primary N) is 1. The molecule has 130 valence electrons. The van der Waals surface area contributed by atoms with Crippen molar-refractivity contribution in [3.63, 3.8) is 0 Å². The van der Waals surface area contributed by atoms with Crippen molar-refractivity contribution in [3.8, 4) is 11.4 Å². The van der Waals surface area contributed by atoms with Gasteiger partial charge in [-0.1, -0.05) is 0 Å². The summed E-state index contributed by atoms with van der Waals surface area (Å²) in [4.78, 5) is 8.88. The van der Waals surface area contributed by atoms with E-state index in [2.05, 4.69) is 15.3 Å². The third-order valence-electron chi connectivity index (χ3n) is 4.07. The first-order valence-corrected chi connectivity index (χ1v) is 7.69. The Morgan fingerprint density at radius 1 is 0.960 bits per heavy atom. The van der Waals surface area contributed by atoms with E-state index in [9.17, 15) is 13.2 Å². The molecular formula is C18H17F3N4. The fourth-order valence-corrected chi connectivity index (χ4v) is 2.80. The Balaban J connectivity index is 2.25. The van der Waals surface area contributed by atoms with Gasteiger partial charge in [-0.3, -0.25) is 0 Å². The number of halogens is 3. The van der Waals surface area contributed by atoms with Crippen LogP contribution in [0.4, 0.5) is 24.7 Å². The minimum Gasteiger partial charge on any atom is -0.399 e. The van der Waals surface area contributed by atoms with Crippen molar-refractivity contribution < 1.29 is 13.2 Å². The molecular weight excluding hydrogens is 329 g/mol. The first-order chi connectivity index (χ1) is 12.1. The van der Waals surface area contributed by atoms with Crippen molar-refractivity contribution in [3.05, 3.63) is 47.0 Å². The maximum Gasteiger partial charge on any atom is 0.162 e. The standard InChI is InChI=1S/C18H17F3N4/c1-23-18-14-3-2-13(22)6-16(14)24-17(25-18)10-4-11(7-19)15(9-21)12(5-10)8-20/h2-6H,7-9,22H2,1H3,(H,23,24,25). The third-order valence-corrected chi connectivity index (χ3v) is 4.07. The van der Waals surface area contributed by atoms with Gasteiger partial charge in [0.15, 0.2) is 5.82 Å². The number of anilines is 2. The molecule has 7 heteroatoms. The summed E-state index contributed by atoms with van der Waals surface area (Å²) in [6.45, 7) is -2.70. The van der Waals surface area contributed by atoms with Crippen LogP contribution in [0.2, 0.25) is 0 Å². The highest BCUT2D eigenvalue weighted by molar-refractivity contribution is 5.92. The molecule has 0 fully saturated rings. The van der Waals surface area contributed by atoms with Crippen LogP contribution >= 0.6 is 0 Å². The molecule has 0 aliphatic carbocycles. The van der Waals surface area contributed by atoms with E-state index in [0.717, 1.165) is 5.39 Å². The summed E-state index contributed by atoms with van der Waals surface area (Å²) in [7, 11) is 1.72. The summed E-state index contributed by atoms with van der Waals surface area (Å²) >= 11 is 0. The smallest absolute Gasteiger partial charge is 0.162 e. The zero-order valence-electron chi connectivity index (χ0n) is 13.6. The lowest BCUT2D eigenvalue weighted by Gasteiger charge is -2.13. The van der Waals surface area contributed by atoms with Gasteiger partial charge < -0.3 is 11.1 Å². The van der Waals surface area contributed by atoms with Crippen molar-refractivity contribution >= 4 is 22.4 Å². The van der Waals surface area contributed by atoms with Gasteiger partial charge in [0.2, 0.25) is 0 Å². The monoisotopic (exact) mass is 346 g/mol. The van der Waals surface area contributed by atoms with Gasteiger partial charge in [-0.15, -0.1) is 0 Å². The fourth-order valence-electron chi connectivity index (χ4n) is 2.80. The Labute approximate surface area is 142 Å². The van der Waals surface area contributed by atoms with Gasteiger partial charge >= 0.3 is 0 Å².